The molecule has 0 spiro atoms. The highest BCUT2D eigenvalue weighted by molar-refractivity contribution is 7.92. The second kappa shape index (κ2) is 14.4. The van der Waals surface area contributed by atoms with Crippen molar-refractivity contribution in [3.8, 4) is 5.75 Å². The van der Waals surface area contributed by atoms with Crippen molar-refractivity contribution in [3.05, 3.63) is 89.0 Å². The van der Waals surface area contributed by atoms with Crippen molar-refractivity contribution in [3.63, 3.8) is 0 Å². The molecule has 0 unspecified atom stereocenters. The lowest BCUT2D eigenvalue weighted by Gasteiger charge is -2.34. The molecule has 0 aliphatic rings. The van der Waals surface area contributed by atoms with Crippen LogP contribution in [0.2, 0.25) is 0 Å². The summed E-state index contributed by atoms with van der Waals surface area (Å²) in [7, 11) is -2.56. The van der Waals surface area contributed by atoms with Crippen LogP contribution >= 0.6 is 0 Å². The minimum Gasteiger partial charge on any atom is -0.497 e. The Hall–Kier alpha value is -3.85. The molecule has 0 fully saturated rings. The zero-order chi connectivity index (χ0) is 31.0. The average molecular weight is 594 g/mol. The van der Waals surface area contributed by atoms with E-state index < -0.39 is 28.5 Å². The van der Waals surface area contributed by atoms with Gasteiger partial charge in [0.1, 0.15) is 18.3 Å². The van der Waals surface area contributed by atoms with Crippen LogP contribution in [-0.2, 0) is 26.2 Å². The Kier molecular flexibility index (Phi) is 11.2. The van der Waals surface area contributed by atoms with Gasteiger partial charge in [0.2, 0.25) is 11.8 Å². The molecule has 0 saturated carbocycles. The summed E-state index contributed by atoms with van der Waals surface area (Å²) >= 11 is 0. The molecule has 0 saturated heterocycles. The van der Waals surface area contributed by atoms with Gasteiger partial charge in [-0.1, -0.05) is 49.7 Å². The number of nitrogens with zero attached hydrogens (tertiary/aromatic N) is 2. The molecule has 1 N–H and O–H groups in total. The van der Waals surface area contributed by atoms with Gasteiger partial charge < -0.3 is 15.0 Å². The molecule has 8 nitrogen and oxygen atoms in total. The van der Waals surface area contributed by atoms with E-state index in [1.54, 1.807) is 49.6 Å². The molecule has 0 radical (unpaired) electrons. The first-order valence-electron chi connectivity index (χ1n) is 14.3. The van der Waals surface area contributed by atoms with Crippen LogP contribution in [0.4, 0.5) is 5.69 Å². The van der Waals surface area contributed by atoms with Gasteiger partial charge in [-0.2, -0.15) is 0 Å². The number of nitrogens with one attached hydrogen (secondary N) is 1. The maximum absolute atomic E-state index is 14.3. The van der Waals surface area contributed by atoms with Gasteiger partial charge in [-0.25, -0.2) is 8.42 Å². The summed E-state index contributed by atoms with van der Waals surface area (Å²) in [6.45, 7) is 11.0. The van der Waals surface area contributed by atoms with E-state index in [1.807, 2.05) is 65.8 Å². The highest BCUT2D eigenvalue weighted by Crippen LogP contribution is 2.27. The van der Waals surface area contributed by atoms with E-state index in [1.165, 1.54) is 4.90 Å². The fourth-order valence-electron chi connectivity index (χ4n) is 4.79. The predicted octanol–water partition coefficient (Wildman–Crippen LogP) is 5.54. The number of aryl methyl sites for hydroxylation is 3. The Morgan fingerprint density at radius 2 is 1.52 bits per heavy atom. The van der Waals surface area contributed by atoms with E-state index >= 15 is 0 Å². The van der Waals surface area contributed by atoms with Crippen molar-refractivity contribution >= 4 is 27.5 Å². The van der Waals surface area contributed by atoms with Crippen LogP contribution in [0.15, 0.2) is 71.6 Å². The molecule has 3 rings (SSSR count). The van der Waals surface area contributed by atoms with E-state index in [9.17, 15) is 18.0 Å². The molecular weight excluding hydrogens is 550 g/mol. The first-order chi connectivity index (χ1) is 19.9. The highest BCUT2D eigenvalue weighted by Gasteiger charge is 2.34. The molecule has 3 aromatic rings. The summed E-state index contributed by atoms with van der Waals surface area (Å²) in [6.07, 6.45) is 1.09. The molecule has 3 aromatic carbocycles. The third-order valence-corrected chi connectivity index (χ3v) is 9.04. The number of amides is 2. The van der Waals surface area contributed by atoms with Crippen LogP contribution in [0.5, 0.6) is 5.75 Å². The second-order valence-corrected chi connectivity index (χ2v) is 12.6. The number of rotatable bonds is 13. The van der Waals surface area contributed by atoms with Crippen LogP contribution in [0.1, 0.15) is 55.9 Å². The van der Waals surface area contributed by atoms with Crippen molar-refractivity contribution < 1.29 is 22.7 Å². The molecular formula is C33H43N3O5S. The molecule has 0 bridgehead atoms. The monoisotopic (exact) mass is 593 g/mol. The van der Waals surface area contributed by atoms with Crippen LogP contribution in [0.25, 0.3) is 0 Å². The van der Waals surface area contributed by atoms with Gasteiger partial charge in [-0.3, -0.25) is 13.9 Å². The van der Waals surface area contributed by atoms with Crippen molar-refractivity contribution in [2.45, 2.75) is 77.9 Å². The smallest absolute Gasteiger partial charge is 0.264 e. The van der Waals surface area contributed by atoms with Crippen LogP contribution in [-0.4, -0.2) is 50.9 Å². The summed E-state index contributed by atoms with van der Waals surface area (Å²) in [4.78, 5) is 29.3. The highest BCUT2D eigenvalue weighted by atomic mass is 32.2. The quantitative estimate of drug-likeness (QED) is 0.281. The number of benzene rings is 3. The summed E-state index contributed by atoms with van der Waals surface area (Å²) < 4.78 is 34.7. The molecule has 0 aliphatic carbocycles. The van der Waals surface area contributed by atoms with Crippen LogP contribution in [0, 0.1) is 20.8 Å². The van der Waals surface area contributed by atoms with Crippen LogP contribution < -0.4 is 14.4 Å². The summed E-state index contributed by atoms with van der Waals surface area (Å²) in [5.74, 6) is -0.142. The van der Waals surface area contributed by atoms with Crippen molar-refractivity contribution in [2.24, 2.45) is 0 Å². The zero-order valence-electron chi connectivity index (χ0n) is 25.7. The average Bonchev–Trinajstić information content (AvgIpc) is 2.95. The number of carbonyl (C=O) groups is 2. The minimum absolute atomic E-state index is 0.0750. The fourth-order valence-corrected chi connectivity index (χ4v) is 6.19. The summed E-state index contributed by atoms with van der Waals surface area (Å²) in [5, 5.41) is 3.00. The van der Waals surface area contributed by atoms with Gasteiger partial charge in [0.05, 0.1) is 17.7 Å². The first-order valence-corrected chi connectivity index (χ1v) is 15.7. The van der Waals surface area contributed by atoms with Gasteiger partial charge in [0.25, 0.3) is 10.0 Å². The molecule has 9 heteroatoms. The maximum Gasteiger partial charge on any atom is 0.264 e. The SMILES string of the molecule is CC[C@H](C)NC(=O)[C@H](CC)N(Cc1cccc(OC)c1)C(=O)CN(c1cc(C)cc(C)c1)S(=O)(=O)c1ccc(C)cc1. The second-order valence-electron chi connectivity index (χ2n) is 10.8. The molecule has 2 atom stereocenters. The number of hydrogen-bond donors (Lipinski definition) is 1. The van der Waals surface area contributed by atoms with Crippen molar-refractivity contribution in [1.29, 1.82) is 0 Å². The lowest BCUT2D eigenvalue weighted by Crippen LogP contribution is -2.53. The fraction of sp³-hybridized carbons (Fsp3) is 0.394. The molecule has 2 amide bonds. The standard InChI is InChI=1S/C33H43N3O5S/c1-8-26(6)34-33(38)31(9-2)35(21-27-11-10-12-29(20-27)41-7)32(37)22-36(28-18-24(4)17-25(5)19-28)42(39,40)30-15-13-23(3)14-16-30/h10-20,26,31H,8-9,21-22H2,1-7H3,(H,34,38)/t26-,31-/m0/s1. The molecule has 0 aliphatic heterocycles. The predicted molar refractivity (Wildman–Crippen MR) is 167 cm³/mol. The van der Waals surface area contributed by atoms with E-state index in [4.69, 9.17) is 4.74 Å². The van der Waals surface area contributed by atoms with E-state index in [-0.39, 0.29) is 23.4 Å². The maximum atomic E-state index is 14.3. The van der Waals surface area contributed by atoms with Crippen molar-refractivity contribution in [1.82, 2.24) is 10.2 Å². The van der Waals surface area contributed by atoms with Gasteiger partial charge in [0, 0.05) is 12.6 Å². The zero-order valence-corrected chi connectivity index (χ0v) is 26.5. The van der Waals surface area contributed by atoms with Gasteiger partial charge in [0.15, 0.2) is 0 Å². The normalized spacial score (nSPS) is 12.7. The van der Waals surface area contributed by atoms with Gasteiger partial charge >= 0.3 is 0 Å². The Labute approximate surface area is 250 Å². The Morgan fingerprint density at radius 3 is 2.10 bits per heavy atom. The molecule has 0 aromatic heterocycles. The van der Waals surface area contributed by atoms with E-state index in [0.29, 0.717) is 17.9 Å². The lowest BCUT2D eigenvalue weighted by molar-refractivity contribution is -0.140. The topological polar surface area (TPSA) is 96.0 Å². The molecule has 0 heterocycles. The molecule has 42 heavy (non-hydrogen) atoms. The van der Waals surface area contributed by atoms with E-state index in [0.717, 1.165) is 33.0 Å². The number of ether oxygens (including phenoxy) is 1. The minimum atomic E-state index is -4.13. The van der Waals surface area contributed by atoms with Gasteiger partial charge in [-0.15, -0.1) is 0 Å². The third-order valence-electron chi connectivity index (χ3n) is 7.26. The Morgan fingerprint density at radius 1 is 0.881 bits per heavy atom. The largest absolute Gasteiger partial charge is 0.497 e. The summed E-state index contributed by atoms with van der Waals surface area (Å²) in [5.41, 5.74) is 3.81. The number of hydrogen-bond acceptors (Lipinski definition) is 5. The molecule has 226 valence electrons. The number of anilines is 1. The number of methoxy groups -OCH3 is 1. The van der Waals surface area contributed by atoms with Gasteiger partial charge in [-0.05, 0) is 93.6 Å². The first kappa shape index (κ1) is 32.7. The number of carbonyl (C=O) groups excluding carboxylic acids is 2. The van der Waals surface area contributed by atoms with Crippen LogP contribution in [0.3, 0.4) is 0 Å². The Bertz CT molecular complexity index is 1470. The third kappa shape index (κ3) is 8.12. The number of sulfonamides is 1. The summed E-state index contributed by atoms with van der Waals surface area (Å²) in [6, 6.07) is 18.4. The lowest BCUT2D eigenvalue weighted by atomic mass is 10.1. The Balaban J connectivity index is 2.10. The van der Waals surface area contributed by atoms with Crippen molar-refractivity contribution in [2.75, 3.05) is 18.0 Å². The van der Waals surface area contributed by atoms with E-state index in [2.05, 4.69) is 5.32 Å².